The highest BCUT2D eigenvalue weighted by Crippen LogP contribution is 2.41. The average molecular weight is 271 g/mol. The number of hydrogen-bond donors (Lipinski definition) is 0. The van der Waals surface area contributed by atoms with Crippen molar-refractivity contribution in [3.63, 3.8) is 0 Å². The van der Waals surface area contributed by atoms with E-state index in [0.717, 1.165) is 22.9 Å². The SMILES string of the molecule is CCC1CCC(n2cnc(CBr)c2)C1C. The minimum absolute atomic E-state index is 0.676. The van der Waals surface area contributed by atoms with Crippen LogP contribution in [0, 0.1) is 11.8 Å². The van der Waals surface area contributed by atoms with Gasteiger partial charge in [0.25, 0.3) is 0 Å². The molecule has 1 aliphatic carbocycles. The van der Waals surface area contributed by atoms with Crippen molar-refractivity contribution < 1.29 is 0 Å². The molecule has 0 aromatic carbocycles. The number of nitrogens with zero attached hydrogens (tertiary/aromatic N) is 2. The van der Waals surface area contributed by atoms with E-state index in [1.807, 2.05) is 6.33 Å². The fourth-order valence-electron chi connectivity index (χ4n) is 2.85. The monoisotopic (exact) mass is 270 g/mol. The fourth-order valence-corrected chi connectivity index (χ4v) is 3.14. The first-order chi connectivity index (χ1) is 7.26. The Labute approximate surface area is 100 Å². The quantitative estimate of drug-likeness (QED) is 0.765. The van der Waals surface area contributed by atoms with E-state index in [-0.39, 0.29) is 0 Å². The van der Waals surface area contributed by atoms with Crippen molar-refractivity contribution in [1.82, 2.24) is 9.55 Å². The van der Waals surface area contributed by atoms with Crippen LogP contribution in [0.3, 0.4) is 0 Å². The van der Waals surface area contributed by atoms with Gasteiger partial charge in [0.2, 0.25) is 0 Å². The summed E-state index contributed by atoms with van der Waals surface area (Å²) >= 11 is 3.44. The minimum Gasteiger partial charge on any atom is -0.334 e. The molecule has 2 rings (SSSR count). The first kappa shape index (κ1) is 11.2. The van der Waals surface area contributed by atoms with Gasteiger partial charge in [-0.3, -0.25) is 0 Å². The third kappa shape index (κ3) is 2.12. The lowest BCUT2D eigenvalue weighted by atomic mass is 9.93. The Morgan fingerprint density at radius 2 is 2.33 bits per heavy atom. The van der Waals surface area contributed by atoms with Gasteiger partial charge in [-0.2, -0.15) is 0 Å². The molecule has 0 spiro atoms. The zero-order valence-electron chi connectivity index (χ0n) is 9.49. The van der Waals surface area contributed by atoms with Gasteiger partial charge in [0.05, 0.1) is 12.0 Å². The standard InChI is InChI=1S/C12H19BrN2/c1-3-10-4-5-12(9(10)2)15-7-11(6-13)14-8-15/h7-10,12H,3-6H2,1-2H3. The molecule has 3 atom stereocenters. The maximum atomic E-state index is 4.38. The second-order valence-electron chi connectivity index (χ2n) is 4.62. The summed E-state index contributed by atoms with van der Waals surface area (Å²) in [6.07, 6.45) is 8.20. The topological polar surface area (TPSA) is 17.8 Å². The molecule has 84 valence electrons. The molecule has 0 bridgehead atoms. The van der Waals surface area contributed by atoms with Crippen LogP contribution in [0.2, 0.25) is 0 Å². The van der Waals surface area contributed by atoms with E-state index in [2.05, 4.69) is 45.5 Å². The van der Waals surface area contributed by atoms with Gasteiger partial charge in [-0.25, -0.2) is 4.98 Å². The van der Waals surface area contributed by atoms with E-state index in [4.69, 9.17) is 0 Å². The van der Waals surface area contributed by atoms with E-state index < -0.39 is 0 Å². The van der Waals surface area contributed by atoms with Crippen LogP contribution in [0.5, 0.6) is 0 Å². The van der Waals surface area contributed by atoms with E-state index >= 15 is 0 Å². The molecule has 1 aliphatic rings. The molecule has 0 amide bonds. The Hall–Kier alpha value is -0.310. The maximum Gasteiger partial charge on any atom is 0.0952 e. The van der Waals surface area contributed by atoms with Crippen LogP contribution >= 0.6 is 15.9 Å². The fraction of sp³-hybridized carbons (Fsp3) is 0.750. The van der Waals surface area contributed by atoms with Crippen molar-refractivity contribution in [2.45, 2.75) is 44.5 Å². The lowest BCUT2D eigenvalue weighted by Crippen LogP contribution is -2.14. The molecule has 1 fully saturated rings. The number of rotatable bonds is 3. The Bertz CT molecular complexity index is 321. The van der Waals surface area contributed by atoms with Gasteiger partial charge in [0.1, 0.15) is 0 Å². The summed E-state index contributed by atoms with van der Waals surface area (Å²) in [5, 5.41) is 0.859. The molecule has 2 nitrogen and oxygen atoms in total. The van der Waals surface area contributed by atoms with Gasteiger partial charge in [-0.1, -0.05) is 36.2 Å². The van der Waals surface area contributed by atoms with Crippen molar-refractivity contribution in [1.29, 1.82) is 0 Å². The molecular formula is C12H19BrN2. The summed E-state index contributed by atoms with van der Waals surface area (Å²) in [5.74, 6) is 1.71. The van der Waals surface area contributed by atoms with E-state index in [0.29, 0.717) is 6.04 Å². The van der Waals surface area contributed by atoms with Crippen molar-refractivity contribution in [2.75, 3.05) is 0 Å². The Morgan fingerprint density at radius 1 is 1.53 bits per heavy atom. The summed E-state index contributed by atoms with van der Waals surface area (Å²) in [7, 11) is 0. The third-order valence-electron chi connectivity index (χ3n) is 3.88. The van der Waals surface area contributed by atoms with E-state index in [1.165, 1.54) is 19.3 Å². The van der Waals surface area contributed by atoms with Gasteiger partial charge in [0.15, 0.2) is 0 Å². The first-order valence-corrected chi connectivity index (χ1v) is 6.96. The minimum atomic E-state index is 0.676. The molecule has 1 aromatic heterocycles. The van der Waals surface area contributed by atoms with Gasteiger partial charge in [0, 0.05) is 17.6 Å². The van der Waals surface area contributed by atoms with Crippen molar-refractivity contribution in [3.05, 3.63) is 18.2 Å². The molecule has 3 heteroatoms. The molecule has 0 saturated heterocycles. The normalized spacial score (nSPS) is 31.0. The molecule has 0 aliphatic heterocycles. The highest BCUT2D eigenvalue weighted by molar-refractivity contribution is 9.08. The van der Waals surface area contributed by atoms with Gasteiger partial charge in [-0.15, -0.1) is 0 Å². The van der Waals surface area contributed by atoms with Crippen LogP contribution < -0.4 is 0 Å². The highest BCUT2D eigenvalue weighted by atomic mass is 79.9. The van der Waals surface area contributed by atoms with Gasteiger partial charge < -0.3 is 4.57 Å². The molecule has 1 aromatic rings. The van der Waals surface area contributed by atoms with Crippen molar-refractivity contribution in [2.24, 2.45) is 11.8 Å². The third-order valence-corrected chi connectivity index (χ3v) is 4.46. The Kier molecular flexibility index (Phi) is 3.49. The lowest BCUT2D eigenvalue weighted by molar-refractivity contribution is 0.329. The number of halogens is 1. The molecule has 1 saturated carbocycles. The smallest absolute Gasteiger partial charge is 0.0952 e. The second-order valence-corrected chi connectivity index (χ2v) is 5.18. The highest BCUT2D eigenvalue weighted by Gasteiger charge is 2.32. The van der Waals surface area contributed by atoms with Crippen LogP contribution in [0.4, 0.5) is 0 Å². The van der Waals surface area contributed by atoms with Crippen LogP contribution in [0.15, 0.2) is 12.5 Å². The predicted molar refractivity (Wildman–Crippen MR) is 66.1 cm³/mol. The second kappa shape index (κ2) is 4.69. The zero-order chi connectivity index (χ0) is 10.8. The summed E-state index contributed by atoms with van der Waals surface area (Å²) < 4.78 is 2.32. The summed E-state index contributed by atoms with van der Waals surface area (Å²) in [5.41, 5.74) is 1.14. The Morgan fingerprint density at radius 3 is 2.87 bits per heavy atom. The number of imidazole rings is 1. The maximum absolute atomic E-state index is 4.38. The van der Waals surface area contributed by atoms with Crippen molar-refractivity contribution >= 4 is 15.9 Å². The number of alkyl halides is 1. The van der Waals surface area contributed by atoms with Crippen LogP contribution in [-0.4, -0.2) is 9.55 Å². The largest absolute Gasteiger partial charge is 0.334 e. The first-order valence-electron chi connectivity index (χ1n) is 5.84. The van der Waals surface area contributed by atoms with Gasteiger partial charge >= 0.3 is 0 Å². The number of hydrogen-bond acceptors (Lipinski definition) is 1. The summed E-state index contributed by atoms with van der Waals surface area (Å²) in [6, 6.07) is 0.676. The van der Waals surface area contributed by atoms with Crippen LogP contribution in [-0.2, 0) is 5.33 Å². The zero-order valence-corrected chi connectivity index (χ0v) is 11.1. The summed E-state index contributed by atoms with van der Waals surface area (Å²) in [4.78, 5) is 4.38. The summed E-state index contributed by atoms with van der Waals surface area (Å²) in [6.45, 7) is 4.70. The lowest BCUT2D eigenvalue weighted by Gasteiger charge is -2.20. The average Bonchev–Trinajstić information content (AvgIpc) is 2.83. The molecule has 0 radical (unpaired) electrons. The van der Waals surface area contributed by atoms with Crippen LogP contribution in [0.25, 0.3) is 0 Å². The molecule has 15 heavy (non-hydrogen) atoms. The number of aromatic nitrogens is 2. The van der Waals surface area contributed by atoms with Gasteiger partial charge in [-0.05, 0) is 24.7 Å². The molecule has 0 N–H and O–H groups in total. The predicted octanol–water partition coefficient (Wildman–Crippen LogP) is 3.78. The van der Waals surface area contributed by atoms with E-state index in [9.17, 15) is 0 Å². The van der Waals surface area contributed by atoms with Crippen molar-refractivity contribution in [3.8, 4) is 0 Å². The Balaban J connectivity index is 2.11. The molecular weight excluding hydrogens is 252 g/mol. The van der Waals surface area contributed by atoms with E-state index in [1.54, 1.807) is 0 Å². The van der Waals surface area contributed by atoms with Crippen LogP contribution in [0.1, 0.15) is 44.8 Å². The molecule has 1 heterocycles. The molecule has 3 unspecified atom stereocenters.